The molecule has 7 heteroatoms. The fourth-order valence-corrected chi connectivity index (χ4v) is 3.78. The van der Waals surface area contributed by atoms with E-state index < -0.39 is 5.82 Å². The van der Waals surface area contributed by atoms with Crippen molar-refractivity contribution in [3.05, 3.63) is 54.4 Å². The fourth-order valence-electron chi connectivity index (χ4n) is 3.78. The molecule has 3 atom stereocenters. The molecular weight excluding hydrogens is 333 g/mol. The second kappa shape index (κ2) is 7.19. The number of amides is 1. The molecule has 2 aromatic heterocycles. The van der Waals surface area contributed by atoms with E-state index >= 15 is 0 Å². The summed E-state index contributed by atoms with van der Waals surface area (Å²) in [6.07, 6.45) is 10.1. The minimum Gasteiger partial charge on any atom is -0.353 e. The molecule has 1 N–H and O–H groups in total. The van der Waals surface area contributed by atoms with Crippen LogP contribution in [0.4, 0.5) is 10.3 Å². The average molecular weight is 353 g/mol. The highest BCUT2D eigenvalue weighted by molar-refractivity contribution is 5.91. The van der Waals surface area contributed by atoms with E-state index in [4.69, 9.17) is 0 Å². The summed E-state index contributed by atoms with van der Waals surface area (Å²) < 4.78 is 12.9. The maximum Gasteiger partial charge on any atom is 0.244 e. The molecule has 1 saturated heterocycles. The van der Waals surface area contributed by atoms with E-state index in [1.54, 1.807) is 24.5 Å². The second-order valence-corrected chi connectivity index (χ2v) is 6.80. The topological polar surface area (TPSA) is 71.0 Å². The summed E-state index contributed by atoms with van der Waals surface area (Å²) in [5.74, 6) is 2.02. The molecular formula is C19H20FN5O. The summed E-state index contributed by atoms with van der Waals surface area (Å²) >= 11 is 0. The maximum absolute atomic E-state index is 12.9. The molecule has 2 aromatic rings. The Morgan fingerprint density at radius 2 is 2.04 bits per heavy atom. The van der Waals surface area contributed by atoms with Crippen LogP contribution in [0.25, 0.3) is 6.08 Å². The number of pyridine rings is 1. The SMILES string of the molecule is O=C(/C=C/c1cccnc1)NCC[C@@H]1[C@H]2CN(c3ncc(F)cn3)C[C@@H]12. The Bertz CT molecular complexity index is 783. The lowest BCUT2D eigenvalue weighted by Crippen LogP contribution is -2.27. The number of fused-ring (bicyclic) bond motifs is 1. The van der Waals surface area contributed by atoms with E-state index in [1.807, 2.05) is 12.1 Å². The molecule has 134 valence electrons. The summed E-state index contributed by atoms with van der Waals surface area (Å²) in [6, 6.07) is 3.74. The zero-order valence-electron chi connectivity index (χ0n) is 14.3. The van der Waals surface area contributed by atoms with Crippen molar-refractivity contribution in [2.24, 2.45) is 17.8 Å². The molecule has 2 fully saturated rings. The van der Waals surface area contributed by atoms with Crippen molar-refractivity contribution in [1.29, 1.82) is 0 Å². The first kappa shape index (κ1) is 16.6. The van der Waals surface area contributed by atoms with Crippen LogP contribution in [0.5, 0.6) is 0 Å². The molecule has 1 saturated carbocycles. The van der Waals surface area contributed by atoms with Crippen LogP contribution in [0.1, 0.15) is 12.0 Å². The smallest absolute Gasteiger partial charge is 0.244 e. The van der Waals surface area contributed by atoms with Crippen molar-refractivity contribution >= 4 is 17.9 Å². The number of hydrogen-bond acceptors (Lipinski definition) is 5. The zero-order chi connectivity index (χ0) is 17.9. The van der Waals surface area contributed by atoms with E-state index in [-0.39, 0.29) is 5.91 Å². The third-order valence-electron chi connectivity index (χ3n) is 5.15. The molecule has 1 aliphatic carbocycles. The van der Waals surface area contributed by atoms with Crippen LogP contribution >= 0.6 is 0 Å². The Balaban J connectivity index is 1.17. The van der Waals surface area contributed by atoms with Gasteiger partial charge in [-0.3, -0.25) is 9.78 Å². The predicted molar refractivity (Wildman–Crippen MR) is 95.6 cm³/mol. The molecule has 0 spiro atoms. The van der Waals surface area contributed by atoms with Gasteiger partial charge in [0.1, 0.15) is 0 Å². The van der Waals surface area contributed by atoms with Crippen LogP contribution in [-0.2, 0) is 4.79 Å². The van der Waals surface area contributed by atoms with Gasteiger partial charge in [-0.05, 0) is 41.9 Å². The normalized spacial score (nSPS) is 23.9. The average Bonchev–Trinajstić information content (AvgIpc) is 3.11. The van der Waals surface area contributed by atoms with E-state index in [0.29, 0.717) is 30.2 Å². The monoisotopic (exact) mass is 353 g/mol. The number of nitrogens with one attached hydrogen (secondary N) is 1. The number of nitrogens with zero attached hydrogens (tertiary/aromatic N) is 4. The van der Waals surface area contributed by atoms with Gasteiger partial charge >= 0.3 is 0 Å². The molecule has 1 amide bonds. The van der Waals surface area contributed by atoms with Crippen molar-refractivity contribution in [3.8, 4) is 0 Å². The lowest BCUT2D eigenvalue weighted by molar-refractivity contribution is -0.116. The molecule has 4 rings (SSSR count). The third-order valence-corrected chi connectivity index (χ3v) is 5.15. The first-order valence-corrected chi connectivity index (χ1v) is 8.79. The second-order valence-electron chi connectivity index (χ2n) is 6.80. The lowest BCUT2D eigenvalue weighted by Gasteiger charge is -2.19. The Hall–Kier alpha value is -2.83. The minimum absolute atomic E-state index is 0.0824. The van der Waals surface area contributed by atoms with Crippen molar-refractivity contribution in [2.75, 3.05) is 24.5 Å². The molecule has 1 aliphatic heterocycles. The van der Waals surface area contributed by atoms with Gasteiger partial charge in [0.15, 0.2) is 5.82 Å². The van der Waals surface area contributed by atoms with Gasteiger partial charge in [-0.25, -0.2) is 14.4 Å². The van der Waals surface area contributed by atoms with Crippen LogP contribution in [0.2, 0.25) is 0 Å². The highest BCUT2D eigenvalue weighted by Crippen LogP contribution is 2.53. The summed E-state index contributed by atoms with van der Waals surface area (Å²) in [6.45, 7) is 2.51. The van der Waals surface area contributed by atoms with Crippen molar-refractivity contribution < 1.29 is 9.18 Å². The quantitative estimate of drug-likeness (QED) is 0.804. The minimum atomic E-state index is -0.413. The van der Waals surface area contributed by atoms with E-state index in [2.05, 4.69) is 25.2 Å². The molecule has 0 unspecified atom stereocenters. The van der Waals surface area contributed by atoms with Gasteiger partial charge in [0.05, 0.1) is 12.4 Å². The first-order valence-electron chi connectivity index (χ1n) is 8.79. The Morgan fingerprint density at radius 1 is 1.27 bits per heavy atom. The Labute approximate surface area is 151 Å². The van der Waals surface area contributed by atoms with E-state index in [0.717, 1.165) is 25.1 Å². The van der Waals surface area contributed by atoms with Gasteiger partial charge in [0.2, 0.25) is 11.9 Å². The van der Waals surface area contributed by atoms with Gasteiger partial charge in [-0.1, -0.05) is 6.07 Å². The molecule has 0 aromatic carbocycles. The number of anilines is 1. The number of carbonyl (C=O) groups is 1. The van der Waals surface area contributed by atoms with Gasteiger partial charge < -0.3 is 10.2 Å². The standard InChI is InChI=1S/C19H20FN5O/c20-14-9-23-19(24-10-14)25-11-16-15(17(16)12-25)5-7-22-18(26)4-3-13-2-1-6-21-8-13/h1-4,6,8-10,15-17H,5,7,11-12H2,(H,22,26)/b4-3+/t15-,16-,17+. The van der Waals surface area contributed by atoms with Crippen LogP contribution in [0, 0.1) is 23.6 Å². The summed E-state index contributed by atoms with van der Waals surface area (Å²) in [7, 11) is 0. The van der Waals surface area contributed by atoms with Crippen LogP contribution in [0.15, 0.2) is 43.0 Å². The fraction of sp³-hybridized carbons (Fsp3) is 0.368. The Kier molecular flexibility index (Phi) is 4.60. The Morgan fingerprint density at radius 3 is 2.73 bits per heavy atom. The van der Waals surface area contributed by atoms with Crippen molar-refractivity contribution in [3.63, 3.8) is 0 Å². The molecule has 6 nitrogen and oxygen atoms in total. The number of piperidine rings is 1. The number of halogens is 1. The molecule has 0 radical (unpaired) electrons. The molecule has 2 aliphatic rings. The maximum atomic E-state index is 12.9. The van der Waals surface area contributed by atoms with E-state index in [1.165, 1.54) is 12.4 Å². The van der Waals surface area contributed by atoms with Gasteiger partial charge in [0.25, 0.3) is 0 Å². The van der Waals surface area contributed by atoms with Gasteiger partial charge in [-0.2, -0.15) is 0 Å². The summed E-state index contributed by atoms with van der Waals surface area (Å²) in [5.41, 5.74) is 0.905. The van der Waals surface area contributed by atoms with E-state index in [9.17, 15) is 9.18 Å². The number of rotatable bonds is 6. The highest BCUT2D eigenvalue weighted by Gasteiger charge is 2.55. The zero-order valence-corrected chi connectivity index (χ0v) is 14.3. The van der Waals surface area contributed by atoms with Gasteiger partial charge in [-0.15, -0.1) is 0 Å². The van der Waals surface area contributed by atoms with Crippen LogP contribution < -0.4 is 10.2 Å². The van der Waals surface area contributed by atoms with Crippen molar-refractivity contribution in [1.82, 2.24) is 20.3 Å². The number of hydrogen-bond donors (Lipinski definition) is 1. The predicted octanol–water partition coefficient (Wildman–Crippen LogP) is 1.91. The molecule has 3 heterocycles. The largest absolute Gasteiger partial charge is 0.353 e. The lowest BCUT2D eigenvalue weighted by atomic mass is 10.2. The summed E-state index contributed by atoms with van der Waals surface area (Å²) in [4.78, 5) is 26.1. The summed E-state index contributed by atoms with van der Waals surface area (Å²) in [5, 5.41) is 2.94. The van der Waals surface area contributed by atoms with Crippen LogP contribution in [0.3, 0.4) is 0 Å². The molecule has 26 heavy (non-hydrogen) atoms. The first-order chi connectivity index (χ1) is 12.7. The number of aromatic nitrogens is 3. The highest BCUT2D eigenvalue weighted by atomic mass is 19.1. The third kappa shape index (κ3) is 3.71. The molecule has 0 bridgehead atoms. The van der Waals surface area contributed by atoms with Crippen molar-refractivity contribution in [2.45, 2.75) is 6.42 Å². The van der Waals surface area contributed by atoms with Gasteiger partial charge in [0, 0.05) is 38.1 Å². The number of carbonyl (C=O) groups excluding carboxylic acids is 1. The van der Waals surface area contributed by atoms with Crippen LogP contribution in [-0.4, -0.2) is 40.5 Å².